The molecule has 0 saturated heterocycles. The fourth-order valence-electron chi connectivity index (χ4n) is 2.37. The minimum atomic E-state index is -0.923. The van der Waals surface area contributed by atoms with E-state index in [0.29, 0.717) is 6.04 Å². The summed E-state index contributed by atoms with van der Waals surface area (Å²) in [5.74, 6) is -0.777. The van der Waals surface area contributed by atoms with E-state index in [4.69, 9.17) is 0 Å². The molecule has 1 unspecified atom stereocenters. The summed E-state index contributed by atoms with van der Waals surface area (Å²) < 4.78 is 0. The van der Waals surface area contributed by atoms with Crippen LogP contribution in [0.5, 0.6) is 0 Å². The topological polar surface area (TPSA) is 40.5 Å². The monoisotopic (exact) mass is 247 g/mol. The Morgan fingerprint density at radius 2 is 1.94 bits per heavy atom. The van der Waals surface area contributed by atoms with Crippen LogP contribution in [-0.2, 0) is 16.8 Å². The summed E-state index contributed by atoms with van der Waals surface area (Å²) in [7, 11) is 1.92. The Labute approximate surface area is 108 Å². The maximum Gasteiger partial charge on any atom is 0.328 e. The van der Waals surface area contributed by atoms with Gasteiger partial charge in [-0.3, -0.25) is 4.90 Å². The number of carbonyl (C=O) groups is 1. The van der Waals surface area contributed by atoms with Gasteiger partial charge in [-0.05, 0) is 44.4 Å². The standard InChI is InChI=1S/C15H21NO2/c1-4-11-5-7-12(8-6-11)15(2,14(17)18)16(3)13-9-10-13/h5-8,13H,4,9-10H2,1-3H3,(H,17,18). The Morgan fingerprint density at radius 1 is 1.39 bits per heavy atom. The van der Waals surface area contributed by atoms with Crippen LogP contribution in [0.2, 0.25) is 0 Å². The van der Waals surface area contributed by atoms with Crippen molar-refractivity contribution in [2.24, 2.45) is 0 Å². The van der Waals surface area contributed by atoms with Gasteiger partial charge < -0.3 is 5.11 Å². The third-order valence-corrected chi connectivity index (χ3v) is 4.14. The van der Waals surface area contributed by atoms with Crippen LogP contribution in [0.4, 0.5) is 0 Å². The highest BCUT2D eigenvalue weighted by Gasteiger charge is 2.45. The van der Waals surface area contributed by atoms with Gasteiger partial charge in [0.25, 0.3) is 0 Å². The zero-order chi connectivity index (χ0) is 13.3. The molecule has 0 radical (unpaired) electrons. The lowest BCUT2D eigenvalue weighted by molar-refractivity contribution is -0.150. The molecule has 0 heterocycles. The van der Waals surface area contributed by atoms with Crippen LogP contribution in [0.15, 0.2) is 24.3 Å². The van der Waals surface area contributed by atoms with E-state index in [-0.39, 0.29) is 0 Å². The van der Waals surface area contributed by atoms with Gasteiger partial charge in [-0.1, -0.05) is 31.2 Å². The second-order valence-corrected chi connectivity index (χ2v) is 5.27. The van der Waals surface area contributed by atoms with Crippen molar-refractivity contribution in [3.63, 3.8) is 0 Å². The summed E-state index contributed by atoms with van der Waals surface area (Å²) in [4.78, 5) is 13.7. The van der Waals surface area contributed by atoms with E-state index >= 15 is 0 Å². The van der Waals surface area contributed by atoms with Gasteiger partial charge in [-0.15, -0.1) is 0 Å². The first-order valence-electron chi connectivity index (χ1n) is 6.56. The van der Waals surface area contributed by atoms with E-state index in [2.05, 4.69) is 6.92 Å². The average Bonchev–Trinajstić information content (AvgIpc) is 3.21. The largest absolute Gasteiger partial charge is 0.480 e. The molecule has 3 nitrogen and oxygen atoms in total. The molecule has 0 amide bonds. The molecule has 1 aliphatic rings. The molecule has 1 aliphatic carbocycles. The van der Waals surface area contributed by atoms with Crippen molar-refractivity contribution in [1.82, 2.24) is 4.90 Å². The summed E-state index contributed by atoms with van der Waals surface area (Å²) in [6.45, 7) is 3.90. The number of carboxylic acids is 1. The number of aliphatic carboxylic acids is 1. The van der Waals surface area contributed by atoms with Gasteiger partial charge >= 0.3 is 5.97 Å². The normalized spacial score (nSPS) is 18.7. The van der Waals surface area contributed by atoms with Crippen molar-refractivity contribution in [2.45, 2.75) is 44.7 Å². The number of hydrogen-bond acceptors (Lipinski definition) is 2. The Hall–Kier alpha value is -1.35. The molecule has 1 atom stereocenters. The van der Waals surface area contributed by atoms with Crippen LogP contribution in [0.25, 0.3) is 0 Å². The number of benzene rings is 1. The number of aryl methyl sites for hydroxylation is 1. The Morgan fingerprint density at radius 3 is 2.33 bits per heavy atom. The molecule has 1 saturated carbocycles. The van der Waals surface area contributed by atoms with Gasteiger partial charge in [0, 0.05) is 6.04 Å². The first kappa shape index (κ1) is 13.1. The fraction of sp³-hybridized carbons (Fsp3) is 0.533. The number of likely N-dealkylation sites (N-methyl/N-ethyl adjacent to an activating group) is 1. The van der Waals surface area contributed by atoms with E-state index in [9.17, 15) is 9.90 Å². The second kappa shape index (κ2) is 4.73. The molecule has 18 heavy (non-hydrogen) atoms. The molecule has 3 heteroatoms. The highest BCUT2D eigenvalue weighted by Crippen LogP contribution is 2.37. The van der Waals surface area contributed by atoms with Crippen LogP contribution in [0.3, 0.4) is 0 Å². The van der Waals surface area contributed by atoms with Gasteiger partial charge in [0.1, 0.15) is 5.54 Å². The summed E-state index contributed by atoms with van der Waals surface area (Å²) in [6.07, 6.45) is 3.18. The second-order valence-electron chi connectivity index (χ2n) is 5.27. The SMILES string of the molecule is CCc1ccc(C(C)(C(=O)O)N(C)C2CC2)cc1. The maximum atomic E-state index is 11.7. The predicted octanol–water partition coefficient (Wildman–Crippen LogP) is 2.64. The quantitative estimate of drug-likeness (QED) is 0.869. The zero-order valence-corrected chi connectivity index (χ0v) is 11.3. The Kier molecular flexibility index (Phi) is 3.44. The molecule has 0 spiro atoms. The molecule has 1 fully saturated rings. The molecule has 0 aromatic heterocycles. The van der Waals surface area contributed by atoms with Gasteiger partial charge in [0.05, 0.1) is 0 Å². The summed E-state index contributed by atoms with van der Waals surface area (Å²) in [5, 5.41) is 9.62. The van der Waals surface area contributed by atoms with Gasteiger partial charge in [-0.2, -0.15) is 0 Å². The van der Waals surface area contributed by atoms with Crippen molar-refractivity contribution >= 4 is 5.97 Å². The van der Waals surface area contributed by atoms with Crippen LogP contribution in [0.1, 0.15) is 37.8 Å². The molecule has 98 valence electrons. The fourth-order valence-corrected chi connectivity index (χ4v) is 2.37. The lowest BCUT2D eigenvalue weighted by Gasteiger charge is -2.35. The summed E-state index contributed by atoms with van der Waals surface area (Å²) >= 11 is 0. The van der Waals surface area contributed by atoms with Crippen molar-refractivity contribution in [3.8, 4) is 0 Å². The summed E-state index contributed by atoms with van der Waals surface area (Å²) in [5.41, 5.74) is 1.18. The number of carboxylic acid groups (broad SMARTS) is 1. The van der Waals surface area contributed by atoms with E-state index in [1.165, 1.54) is 5.56 Å². The predicted molar refractivity (Wildman–Crippen MR) is 71.6 cm³/mol. The zero-order valence-electron chi connectivity index (χ0n) is 11.3. The van der Waals surface area contributed by atoms with E-state index in [0.717, 1.165) is 24.8 Å². The van der Waals surface area contributed by atoms with Crippen LogP contribution in [-0.4, -0.2) is 29.1 Å². The van der Waals surface area contributed by atoms with Crippen molar-refractivity contribution < 1.29 is 9.90 Å². The number of hydrogen-bond donors (Lipinski definition) is 1. The third-order valence-electron chi connectivity index (χ3n) is 4.14. The lowest BCUT2D eigenvalue weighted by Crippen LogP contribution is -2.48. The molecule has 0 aliphatic heterocycles. The molecule has 1 aromatic rings. The van der Waals surface area contributed by atoms with Gasteiger partial charge in [-0.25, -0.2) is 4.79 Å². The molecule has 2 rings (SSSR count). The molecular formula is C15H21NO2. The van der Waals surface area contributed by atoms with Gasteiger partial charge in [0.2, 0.25) is 0 Å². The smallest absolute Gasteiger partial charge is 0.328 e. The lowest BCUT2D eigenvalue weighted by atomic mass is 9.89. The van der Waals surface area contributed by atoms with Gasteiger partial charge in [0.15, 0.2) is 0 Å². The molecule has 0 bridgehead atoms. The van der Waals surface area contributed by atoms with Crippen LogP contribution in [0, 0.1) is 0 Å². The molecular weight excluding hydrogens is 226 g/mol. The first-order valence-corrected chi connectivity index (χ1v) is 6.56. The number of nitrogens with zero attached hydrogens (tertiary/aromatic N) is 1. The van der Waals surface area contributed by atoms with E-state index < -0.39 is 11.5 Å². The molecule has 1 aromatic carbocycles. The van der Waals surface area contributed by atoms with E-state index in [1.807, 2.05) is 36.2 Å². The highest BCUT2D eigenvalue weighted by atomic mass is 16.4. The van der Waals surface area contributed by atoms with Crippen LogP contribution < -0.4 is 0 Å². The van der Waals surface area contributed by atoms with Crippen molar-refractivity contribution in [3.05, 3.63) is 35.4 Å². The van der Waals surface area contributed by atoms with E-state index in [1.54, 1.807) is 6.92 Å². The Balaban J connectivity index is 2.36. The summed E-state index contributed by atoms with van der Waals surface area (Å²) in [6, 6.07) is 8.36. The Bertz CT molecular complexity index is 436. The molecule has 1 N–H and O–H groups in total. The maximum absolute atomic E-state index is 11.7. The average molecular weight is 247 g/mol. The first-order chi connectivity index (χ1) is 8.50. The minimum absolute atomic E-state index is 0.414. The van der Waals surface area contributed by atoms with Crippen molar-refractivity contribution in [1.29, 1.82) is 0 Å². The third kappa shape index (κ3) is 2.15. The van der Waals surface area contributed by atoms with Crippen molar-refractivity contribution in [2.75, 3.05) is 7.05 Å². The minimum Gasteiger partial charge on any atom is -0.480 e. The highest BCUT2D eigenvalue weighted by molar-refractivity contribution is 5.80. The number of rotatable bonds is 5. The van der Waals surface area contributed by atoms with Crippen LogP contribution >= 0.6 is 0 Å².